The Balaban J connectivity index is 3.82. The van der Waals surface area contributed by atoms with Crippen molar-refractivity contribution in [2.45, 2.75) is 170 Å². The molecule has 0 heterocycles. The summed E-state index contributed by atoms with van der Waals surface area (Å²) in [7, 11) is 0. The van der Waals surface area contributed by atoms with Crippen LogP contribution in [0.5, 0.6) is 0 Å². The lowest BCUT2D eigenvalue weighted by molar-refractivity contribution is -0.220. The van der Waals surface area contributed by atoms with Crippen LogP contribution >= 0.6 is 0 Å². The van der Waals surface area contributed by atoms with Crippen LogP contribution in [0.15, 0.2) is 0 Å². The molecule has 1 aliphatic carbocycles. The Bertz CT molecular complexity index is 632. The first-order chi connectivity index (χ1) is 15.3. The molecule has 0 N–H and O–H groups in total. The van der Waals surface area contributed by atoms with E-state index in [9.17, 15) is 0 Å². The summed E-state index contributed by atoms with van der Waals surface area (Å²) in [6, 6.07) is 0. The lowest BCUT2D eigenvalue weighted by Crippen LogP contribution is -2.64. The first kappa shape index (κ1) is 33.0. The molecule has 0 bridgehead atoms. The minimum absolute atomic E-state index is 0.120. The first-order valence-electron chi connectivity index (χ1n) is 15.3. The Morgan fingerprint density at radius 3 is 0.771 bits per heavy atom. The smallest absolute Gasteiger partial charge is 0.0241 e. The van der Waals surface area contributed by atoms with Gasteiger partial charge in [-0.05, 0) is 55.2 Å². The molecule has 2 atom stereocenters. The molecule has 0 aromatic heterocycles. The van der Waals surface area contributed by atoms with Crippen molar-refractivity contribution in [3.05, 3.63) is 0 Å². The van der Waals surface area contributed by atoms with Crippen molar-refractivity contribution < 1.29 is 0 Å². The highest BCUT2D eigenvalue weighted by molar-refractivity contribution is 5.14. The third-order valence-corrected chi connectivity index (χ3v) is 15.8. The predicted octanol–water partition coefficient (Wildman–Crippen LogP) is 12.2. The van der Waals surface area contributed by atoms with Crippen molar-refractivity contribution in [1.82, 2.24) is 0 Å². The lowest BCUT2D eigenvalue weighted by atomic mass is 9.34. The Labute approximate surface area is 224 Å². The maximum Gasteiger partial charge on any atom is -0.0241 e. The van der Waals surface area contributed by atoms with Crippen molar-refractivity contribution in [3.8, 4) is 0 Å². The monoisotopic (exact) mass is 491 g/mol. The van der Waals surface area contributed by atoms with Gasteiger partial charge in [0, 0.05) is 0 Å². The summed E-state index contributed by atoms with van der Waals surface area (Å²) >= 11 is 0. The molecule has 1 fully saturated rings. The van der Waals surface area contributed by atoms with E-state index >= 15 is 0 Å². The Kier molecular flexibility index (Phi) is 9.39. The summed E-state index contributed by atoms with van der Waals surface area (Å²) < 4.78 is 0. The van der Waals surface area contributed by atoms with E-state index in [0.717, 1.165) is 11.8 Å². The highest BCUT2D eigenvalue weighted by atomic mass is 14.7. The lowest BCUT2D eigenvalue weighted by Gasteiger charge is -2.70. The average Bonchev–Trinajstić information content (AvgIpc) is 2.70. The van der Waals surface area contributed by atoms with Crippen LogP contribution in [0.1, 0.15) is 170 Å². The quantitative estimate of drug-likeness (QED) is 0.316. The molecule has 2 unspecified atom stereocenters. The van der Waals surface area contributed by atoms with E-state index in [1.54, 1.807) is 0 Å². The standard InChI is InChI=1S/C35H70/c1-26-24-22-20-19-21-23-25-27(2)29(5,6)31(9,10)33(13,14)35(17,18)34(15,16)32(11,12)30(7,8)28(26,3)4/h26-27H,19-25H2,1-18H3. The van der Waals surface area contributed by atoms with Gasteiger partial charge in [-0.3, -0.25) is 0 Å². The van der Waals surface area contributed by atoms with E-state index in [2.05, 4.69) is 125 Å². The fourth-order valence-electron chi connectivity index (χ4n) is 8.12. The van der Waals surface area contributed by atoms with Crippen LogP contribution in [-0.4, -0.2) is 0 Å². The van der Waals surface area contributed by atoms with Gasteiger partial charge in [-0.25, -0.2) is 0 Å². The van der Waals surface area contributed by atoms with Crippen LogP contribution < -0.4 is 0 Å². The van der Waals surface area contributed by atoms with E-state index in [4.69, 9.17) is 0 Å². The van der Waals surface area contributed by atoms with Gasteiger partial charge in [-0.15, -0.1) is 0 Å². The van der Waals surface area contributed by atoms with Crippen LogP contribution in [-0.2, 0) is 0 Å². The van der Waals surface area contributed by atoms with Crippen molar-refractivity contribution in [3.63, 3.8) is 0 Å². The van der Waals surface area contributed by atoms with Gasteiger partial charge in [-0.1, -0.05) is 170 Å². The van der Waals surface area contributed by atoms with Crippen molar-refractivity contribution in [2.24, 2.45) is 55.2 Å². The maximum absolute atomic E-state index is 2.61. The van der Waals surface area contributed by atoms with Gasteiger partial charge in [0.15, 0.2) is 0 Å². The predicted molar refractivity (Wildman–Crippen MR) is 161 cm³/mol. The molecule has 1 saturated carbocycles. The van der Waals surface area contributed by atoms with Gasteiger partial charge in [0.05, 0.1) is 0 Å². The van der Waals surface area contributed by atoms with Crippen molar-refractivity contribution in [1.29, 1.82) is 0 Å². The molecule has 0 amide bonds. The summed E-state index contributed by atoms with van der Waals surface area (Å²) in [5.41, 5.74) is 1.38. The Morgan fingerprint density at radius 2 is 0.514 bits per heavy atom. The van der Waals surface area contributed by atoms with Gasteiger partial charge < -0.3 is 0 Å². The molecule has 0 aromatic rings. The van der Waals surface area contributed by atoms with E-state index in [1.807, 2.05) is 0 Å². The molecule has 0 saturated heterocycles. The van der Waals surface area contributed by atoms with Crippen LogP contribution in [0.2, 0.25) is 0 Å². The number of hydrogen-bond acceptors (Lipinski definition) is 0. The summed E-state index contributed by atoms with van der Waals surface area (Å²) in [6.07, 6.45) is 9.70. The zero-order valence-electron chi connectivity index (χ0n) is 28.1. The van der Waals surface area contributed by atoms with Crippen LogP contribution in [0, 0.1) is 55.2 Å². The molecule has 1 aliphatic rings. The van der Waals surface area contributed by atoms with E-state index in [-0.39, 0.29) is 43.3 Å². The molecule has 0 aliphatic heterocycles. The Morgan fingerprint density at radius 1 is 0.314 bits per heavy atom. The molecule has 0 heteroatoms. The molecule has 0 nitrogen and oxygen atoms in total. The molecule has 1 rings (SSSR count). The Hall–Kier alpha value is 0. The summed E-state index contributed by atoms with van der Waals surface area (Å²) in [6.45, 7) is 46.7. The minimum Gasteiger partial charge on any atom is -0.0620 e. The van der Waals surface area contributed by atoms with Gasteiger partial charge in [0.1, 0.15) is 0 Å². The topological polar surface area (TPSA) is 0 Å². The van der Waals surface area contributed by atoms with Crippen LogP contribution in [0.3, 0.4) is 0 Å². The molecular formula is C35H70. The van der Waals surface area contributed by atoms with E-state index in [1.165, 1.54) is 44.9 Å². The van der Waals surface area contributed by atoms with Gasteiger partial charge in [0.25, 0.3) is 0 Å². The van der Waals surface area contributed by atoms with Crippen molar-refractivity contribution in [2.75, 3.05) is 0 Å². The normalized spacial score (nSPS) is 34.5. The first-order valence-corrected chi connectivity index (χ1v) is 15.3. The highest BCUT2D eigenvalue weighted by Gasteiger charge is 2.66. The summed E-state index contributed by atoms with van der Waals surface area (Å²) in [5, 5.41) is 0. The average molecular weight is 491 g/mol. The van der Waals surface area contributed by atoms with Crippen LogP contribution in [0.25, 0.3) is 0 Å². The number of hydrogen-bond donors (Lipinski definition) is 0. The molecule has 210 valence electrons. The maximum atomic E-state index is 2.61. The second-order valence-corrected chi connectivity index (χ2v) is 17.3. The SMILES string of the molecule is CC1CCCCCCCC(C)C(C)(C)C(C)(C)C(C)(C)C(C)(C)C(C)(C)C(C)(C)C(C)(C)C1(C)C. The molecule has 0 radical (unpaired) electrons. The number of rotatable bonds is 0. The van der Waals surface area contributed by atoms with E-state index in [0.29, 0.717) is 0 Å². The molecular weight excluding hydrogens is 420 g/mol. The molecule has 0 spiro atoms. The van der Waals surface area contributed by atoms with Gasteiger partial charge in [0.2, 0.25) is 0 Å². The summed E-state index contributed by atoms with van der Waals surface area (Å²) in [4.78, 5) is 0. The largest absolute Gasteiger partial charge is 0.0620 e. The third kappa shape index (κ3) is 4.82. The third-order valence-electron chi connectivity index (χ3n) is 15.8. The minimum atomic E-state index is 0.120. The second kappa shape index (κ2) is 9.95. The second-order valence-electron chi connectivity index (χ2n) is 17.3. The van der Waals surface area contributed by atoms with Gasteiger partial charge in [-0.2, -0.15) is 0 Å². The fourth-order valence-corrected chi connectivity index (χ4v) is 8.12. The highest BCUT2D eigenvalue weighted by Crippen LogP contribution is 2.72. The molecule has 35 heavy (non-hydrogen) atoms. The zero-order valence-corrected chi connectivity index (χ0v) is 28.1. The molecule has 0 aromatic carbocycles. The summed E-state index contributed by atoms with van der Waals surface area (Å²) in [5.74, 6) is 1.43. The van der Waals surface area contributed by atoms with Crippen molar-refractivity contribution >= 4 is 0 Å². The van der Waals surface area contributed by atoms with Crippen LogP contribution in [0.4, 0.5) is 0 Å². The van der Waals surface area contributed by atoms with Gasteiger partial charge >= 0.3 is 0 Å². The fraction of sp³-hybridized carbons (Fsp3) is 1.00. The zero-order chi connectivity index (χ0) is 28.1. The van der Waals surface area contributed by atoms with E-state index < -0.39 is 0 Å².